The van der Waals surface area contributed by atoms with Gasteiger partial charge >= 0.3 is 17.8 Å². The normalized spacial score (nSPS) is 14.1. The zero-order valence-electron chi connectivity index (χ0n) is 15.2. The van der Waals surface area contributed by atoms with E-state index in [-0.39, 0.29) is 5.69 Å². The molecule has 9 nitrogen and oxygen atoms in total. The van der Waals surface area contributed by atoms with Crippen LogP contribution >= 0.6 is 0 Å². The number of nitrogens with zero attached hydrogens (tertiary/aromatic N) is 5. The fraction of sp³-hybridized carbons (Fsp3) is 0.500. The molecular formula is C16H19F3N6O3. The number of nitrogens with one attached hydrogen (secondary N) is 1. The van der Waals surface area contributed by atoms with E-state index < -0.39 is 12.1 Å². The van der Waals surface area contributed by atoms with Gasteiger partial charge in [0.05, 0.1) is 6.54 Å². The van der Waals surface area contributed by atoms with E-state index in [0.29, 0.717) is 12.2 Å². The first-order valence-electron chi connectivity index (χ1n) is 8.24. The summed E-state index contributed by atoms with van der Waals surface area (Å²) in [4.78, 5) is 32.2. The number of aliphatic carboxylic acids is 1. The van der Waals surface area contributed by atoms with Gasteiger partial charge in [-0.05, 0) is 6.92 Å². The molecule has 1 aliphatic rings. The van der Waals surface area contributed by atoms with Crippen LogP contribution in [0.4, 0.5) is 19.0 Å². The van der Waals surface area contributed by atoms with E-state index in [1.54, 1.807) is 23.1 Å². The smallest absolute Gasteiger partial charge is 0.475 e. The number of aryl methyl sites for hydroxylation is 1. The molecule has 152 valence electrons. The fourth-order valence-corrected chi connectivity index (χ4v) is 2.63. The third-order valence-corrected chi connectivity index (χ3v) is 3.96. The predicted octanol–water partition coefficient (Wildman–Crippen LogP) is 0.196. The minimum absolute atomic E-state index is 0.107. The maximum absolute atomic E-state index is 12.4. The number of carboxylic acids is 1. The largest absolute Gasteiger partial charge is 0.490 e. The number of halogens is 3. The number of rotatable bonds is 2. The number of piperazine rings is 1. The second-order valence-electron chi connectivity index (χ2n) is 5.76. The predicted molar refractivity (Wildman–Crippen MR) is 95.0 cm³/mol. The molecule has 0 aromatic carbocycles. The Bertz CT molecular complexity index is 964. The van der Waals surface area contributed by atoms with Crippen molar-refractivity contribution >= 4 is 23.0 Å². The molecule has 0 saturated carbocycles. The van der Waals surface area contributed by atoms with Crippen LogP contribution in [0, 0.1) is 11.8 Å². The molecule has 1 saturated heterocycles. The van der Waals surface area contributed by atoms with Gasteiger partial charge in [0, 0.05) is 33.2 Å². The first kappa shape index (κ1) is 21.2. The topological polar surface area (TPSA) is 105 Å². The van der Waals surface area contributed by atoms with Gasteiger partial charge in [0.2, 0.25) is 0 Å². The third kappa shape index (κ3) is 4.61. The van der Waals surface area contributed by atoms with Crippen molar-refractivity contribution in [3.05, 3.63) is 16.8 Å². The summed E-state index contributed by atoms with van der Waals surface area (Å²) in [5.74, 6) is 3.85. The van der Waals surface area contributed by atoms with Crippen molar-refractivity contribution < 1.29 is 23.1 Å². The molecule has 3 rings (SSSR count). The molecule has 0 radical (unpaired) electrons. The molecule has 1 fully saturated rings. The van der Waals surface area contributed by atoms with Gasteiger partial charge in [0.15, 0.2) is 11.5 Å². The number of alkyl halides is 3. The standard InChI is InChI=1S/C14H18N6O.C2HF3O2/c1-3-4-7-20-11-12(18(2)14(20)21)16-10-17-13(11)19-8-5-15-6-9-19;3-2(4,5)1(6)7/h10,15H,5-9H2,1-2H3;(H,6,7). The Labute approximate surface area is 157 Å². The van der Waals surface area contributed by atoms with Crippen LogP contribution in [0.3, 0.4) is 0 Å². The summed E-state index contributed by atoms with van der Waals surface area (Å²) >= 11 is 0. The summed E-state index contributed by atoms with van der Waals surface area (Å²) in [5.41, 5.74) is 1.32. The molecule has 0 atom stereocenters. The molecule has 28 heavy (non-hydrogen) atoms. The van der Waals surface area contributed by atoms with E-state index in [1.165, 1.54) is 6.33 Å². The van der Waals surface area contributed by atoms with Crippen molar-refractivity contribution in [1.29, 1.82) is 0 Å². The van der Waals surface area contributed by atoms with Crippen molar-refractivity contribution in [2.75, 3.05) is 31.1 Å². The number of hydrogen-bond donors (Lipinski definition) is 2. The van der Waals surface area contributed by atoms with Gasteiger partial charge in [-0.25, -0.2) is 19.6 Å². The average Bonchev–Trinajstić information content (AvgIpc) is 2.91. The fourth-order valence-electron chi connectivity index (χ4n) is 2.63. The Morgan fingerprint density at radius 1 is 1.32 bits per heavy atom. The first-order valence-corrected chi connectivity index (χ1v) is 8.24. The van der Waals surface area contributed by atoms with Crippen molar-refractivity contribution in [2.24, 2.45) is 7.05 Å². The average molecular weight is 400 g/mol. The highest BCUT2D eigenvalue weighted by Crippen LogP contribution is 2.22. The minimum atomic E-state index is -5.08. The van der Waals surface area contributed by atoms with E-state index in [0.717, 1.165) is 37.5 Å². The zero-order valence-corrected chi connectivity index (χ0v) is 15.2. The van der Waals surface area contributed by atoms with E-state index in [1.807, 2.05) is 0 Å². The van der Waals surface area contributed by atoms with Crippen LogP contribution in [-0.4, -0.2) is 62.5 Å². The molecule has 3 heterocycles. The van der Waals surface area contributed by atoms with Gasteiger partial charge < -0.3 is 15.3 Å². The molecule has 0 unspecified atom stereocenters. The van der Waals surface area contributed by atoms with Crippen LogP contribution in [0.25, 0.3) is 11.2 Å². The number of anilines is 1. The third-order valence-electron chi connectivity index (χ3n) is 3.96. The number of hydrogen-bond acceptors (Lipinski definition) is 6. The van der Waals surface area contributed by atoms with Gasteiger partial charge in [-0.1, -0.05) is 5.92 Å². The molecule has 0 amide bonds. The quantitative estimate of drug-likeness (QED) is 0.694. The Hall–Kier alpha value is -3.07. The molecule has 12 heteroatoms. The van der Waals surface area contributed by atoms with Crippen molar-refractivity contribution in [1.82, 2.24) is 24.4 Å². The van der Waals surface area contributed by atoms with Crippen molar-refractivity contribution in [3.8, 4) is 11.8 Å². The summed E-state index contributed by atoms with van der Waals surface area (Å²) in [6.45, 7) is 5.70. The number of fused-ring (bicyclic) bond motifs is 1. The maximum atomic E-state index is 12.4. The van der Waals surface area contributed by atoms with Crippen LogP contribution in [-0.2, 0) is 18.4 Å². The van der Waals surface area contributed by atoms with Crippen LogP contribution in [0.15, 0.2) is 11.1 Å². The van der Waals surface area contributed by atoms with Gasteiger partial charge in [-0.15, -0.1) is 5.92 Å². The van der Waals surface area contributed by atoms with Gasteiger partial charge in [0.25, 0.3) is 0 Å². The van der Waals surface area contributed by atoms with Crippen molar-refractivity contribution in [2.45, 2.75) is 19.6 Å². The number of aromatic nitrogens is 4. The van der Waals surface area contributed by atoms with Gasteiger partial charge in [-0.2, -0.15) is 13.2 Å². The highest BCUT2D eigenvalue weighted by molar-refractivity contribution is 5.84. The van der Waals surface area contributed by atoms with Gasteiger partial charge in [-0.3, -0.25) is 9.13 Å². The summed E-state index contributed by atoms with van der Waals surface area (Å²) in [6.07, 6.45) is -3.56. The van der Waals surface area contributed by atoms with Gasteiger partial charge in [0.1, 0.15) is 11.8 Å². The van der Waals surface area contributed by atoms with Crippen LogP contribution in [0.2, 0.25) is 0 Å². The molecule has 0 bridgehead atoms. The molecule has 2 aromatic heterocycles. The lowest BCUT2D eigenvalue weighted by molar-refractivity contribution is -0.192. The number of carbonyl (C=O) groups is 1. The van der Waals surface area contributed by atoms with Crippen LogP contribution < -0.4 is 15.9 Å². The highest BCUT2D eigenvalue weighted by atomic mass is 19.4. The lowest BCUT2D eigenvalue weighted by Crippen LogP contribution is -2.44. The van der Waals surface area contributed by atoms with E-state index in [9.17, 15) is 18.0 Å². The second-order valence-corrected chi connectivity index (χ2v) is 5.76. The maximum Gasteiger partial charge on any atom is 0.490 e. The van der Waals surface area contributed by atoms with Crippen LogP contribution in [0.5, 0.6) is 0 Å². The van der Waals surface area contributed by atoms with E-state index in [4.69, 9.17) is 9.90 Å². The molecule has 0 spiro atoms. The molecule has 0 aliphatic carbocycles. The zero-order chi connectivity index (χ0) is 20.9. The Morgan fingerprint density at radius 2 is 1.93 bits per heavy atom. The van der Waals surface area contributed by atoms with E-state index >= 15 is 0 Å². The second kappa shape index (κ2) is 8.75. The summed E-state index contributed by atoms with van der Waals surface area (Å²) in [5, 5.41) is 10.4. The Balaban J connectivity index is 0.000000345. The van der Waals surface area contributed by atoms with Crippen molar-refractivity contribution in [3.63, 3.8) is 0 Å². The first-order chi connectivity index (χ1) is 13.2. The van der Waals surface area contributed by atoms with Crippen LogP contribution in [0.1, 0.15) is 6.92 Å². The summed E-state index contributed by atoms with van der Waals surface area (Å²) < 4.78 is 34.9. The summed E-state index contributed by atoms with van der Waals surface area (Å²) in [7, 11) is 1.73. The Morgan fingerprint density at radius 3 is 2.46 bits per heavy atom. The highest BCUT2D eigenvalue weighted by Gasteiger charge is 2.38. The Kier molecular flexibility index (Phi) is 6.63. The minimum Gasteiger partial charge on any atom is -0.475 e. The summed E-state index contributed by atoms with van der Waals surface area (Å²) in [6, 6.07) is 0. The molecule has 1 aliphatic heterocycles. The number of carboxylic acid groups (broad SMARTS) is 1. The number of imidazole rings is 1. The molecule has 2 aromatic rings. The lowest BCUT2D eigenvalue weighted by Gasteiger charge is -2.28. The lowest BCUT2D eigenvalue weighted by atomic mass is 10.3. The SMILES string of the molecule is CC#CCn1c(=O)n(C)c2ncnc(N3CCNCC3)c21.O=C(O)C(F)(F)F. The van der Waals surface area contributed by atoms with E-state index in [2.05, 4.69) is 32.0 Å². The molecular weight excluding hydrogens is 381 g/mol. The molecule has 2 N–H and O–H groups in total. The monoisotopic (exact) mass is 400 g/mol.